The van der Waals surface area contributed by atoms with Crippen LogP contribution in [0.15, 0.2) is 24.3 Å². The summed E-state index contributed by atoms with van der Waals surface area (Å²) in [6.07, 6.45) is 5.08. The first kappa shape index (κ1) is 16.3. The van der Waals surface area contributed by atoms with E-state index in [2.05, 4.69) is 17.1 Å². The molecular formula is C17H25ClN2O. The van der Waals surface area contributed by atoms with Gasteiger partial charge in [-0.2, -0.15) is 0 Å². The number of carbonyl (C=O) groups is 1. The molecule has 2 unspecified atom stereocenters. The molecule has 0 aromatic heterocycles. The second-order valence-electron chi connectivity index (χ2n) is 5.83. The molecule has 1 aliphatic rings. The first-order chi connectivity index (χ1) is 10.1. The minimum absolute atomic E-state index is 0.0362. The van der Waals surface area contributed by atoms with Crippen molar-refractivity contribution < 1.29 is 4.79 Å². The Kier molecular flexibility index (Phi) is 6.07. The molecule has 0 spiro atoms. The maximum Gasteiger partial charge on any atom is 0.221 e. The third-order valence-electron chi connectivity index (χ3n) is 4.18. The van der Waals surface area contributed by atoms with E-state index in [0.717, 1.165) is 24.3 Å². The molecule has 0 saturated carbocycles. The molecule has 2 atom stereocenters. The summed E-state index contributed by atoms with van der Waals surface area (Å²) in [5.41, 5.74) is 1.89. The van der Waals surface area contributed by atoms with E-state index in [1.807, 2.05) is 24.3 Å². The van der Waals surface area contributed by atoms with Gasteiger partial charge in [-0.1, -0.05) is 25.5 Å². The molecule has 1 saturated heterocycles. The van der Waals surface area contributed by atoms with Gasteiger partial charge >= 0.3 is 0 Å². The summed E-state index contributed by atoms with van der Waals surface area (Å²) in [4.78, 5) is 13.7. The largest absolute Gasteiger partial charge is 0.326 e. The van der Waals surface area contributed by atoms with Crippen molar-refractivity contribution in [1.82, 2.24) is 4.90 Å². The van der Waals surface area contributed by atoms with E-state index < -0.39 is 0 Å². The van der Waals surface area contributed by atoms with Gasteiger partial charge in [-0.05, 0) is 43.5 Å². The molecule has 1 N–H and O–H groups in total. The Labute approximate surface area is 132 Å². The van der Waals surface area contributed by atoms with Crippen LogP contribution in [-0.4, -0.2) is 29.9 Å². The molecule has 1 fully saturated rings. The third kappa shape index (κ3) is 4.72. The van der Waals surface area contributed by atoms with Crippen molar-refractivity contribution in [1.29, 1.82) is 0 Å². The van der Waals surface area contributed by atoms with Crippen LogP contribution in [-0.2, 0) is 4.79 Å². The van der Waals surface area contributed by atoms with Crippen LogP contribution >= 0.6 is 11.6 Å². The fourth-order valence-electron chi connectivity index (χ4n) is 3.09. The zero-order valence-electron chi connectivity index (χ0n) is 12.9. The average Bonchev–Trinajstić information content (AvgIpc) is 2.47. The number of carbonyl (C=O) groups excluding carboxylic acids is 1. The summed E-state index contributed by atoms with van der Waals surface area (Å²) in [5, 5.41) is 2.78. The Balaban J connectivity index is 2.01. The van der Waals surface area contributed by atoms with Crippen molar-refractivity contribution in [3.8, 4) is 0 Å². The van der Waals surface area contributed by atoms with E-state index in [9.17, 15) is 4.79 Å². The van der Waals surface area contributed by atoms with E-state index in [0.29, 0.717) is 6.04 Å². The van der Waals surface area contributed by atoms with Crippen LogP contribution in [0.1, 0.15) is 50.5 Å². The fraction of sp³-hybridized carbons (Fsp3) is 0.588. The van der Waals surface area contributed by atoms with Crippen molar-refractivity contribution in [2.45, 2.75) is 50.9 Å². The van der Waals surface area contributed by atoms with E-state index in [-0.39, 0.29) is 11.3 Å². The van der Waals surface area contributed by atoms with E-state index in [1.54, 1.807) is 0 Å². The fourth-order valence-corrected chi connectivity index (χ4v) is 3.40. The average molecular weight is 309 g/mol. The van der Waals surface area contributed by atoms with Gasteiger partial charge in [-0.15, -0.1) is 11.6 Å². The van der Waals surface area contributed by atoms with Crippen LogP contribution in [0, 0.1) is 0 Å². The molecule has 1 aromatic rings. The van der Waals surface area contributed by atoms with Gasteiger partial charge in [0.15, 0.2) is 0 Å². The maximum absolute atomic E-state index is 11.1. The smallest absolute Gasteiger partial charge is 0.221 e. The van der Waals surface area contributed by atoms with Crippen molar-refractivity contribution in [2.75, 3.05) is 18.4 Å². The Bertz CT molecular complexity index is 478. The van der Waals surface area contributed by atoms with E-state index in [4.69, 9.17) is 11.6 Å². The summed E-state index contributed by atoms with van der Waals surface area (Å²) in [6, 6.07) is 8.52. The molecule has 1 aromatic carbocycles. The quantitative estimate of drug-likeness (QED) is 0.827. The number of amides is 1. The van der Waals surface area contributed by atoms with Gasteiger partial charge in [0.2, 0.25) is 5.91 Å². The summed E-state index contributed by atoms with van der Waals surface area (Å²) >= 11 is 6.62. The molecule has 116 valence electrons. The number of anilines is 1. The van der Waals surface area contributed by atoms with Crippen LogP contribution in [0.3, 0.4) is 0 Å². The van der Waals surface area contributed by atoms with Crippen molar-refractivity contribution in [2.24, 2.45) is 0 Å². The summed E-state index contributed by atoms with van der Waals surface area (Å²) in [6.45, 7) is 5.80. The number of hydrogen-bond donors (Lipinski definition) is 1. The molecule has 0 bridgehead atoms. The number of halogens is 1. The lowest BCUT2D eigenvalue weighted by molar-refractivity contribution is -0.114. The van der Waals surface area contributed by atoms with Gasteiger partial charge in [0.05, 0.1) is 5.38 Å². The Morgan fingerprint density at radius 3 is 3.00 bits per heavy atom. The number of piperidine rings is 1. The highest BCUT2D eigenvalue weighted by atomic mass is 35.5. The molecule has 4 heteroatoms. The van der Waals surface area contributed by atoms with Crippen LogP contribution in [0.5, 0.6) is 0 Å². The molecule has 21 heavy (non-hydrogen) atoms. The number of benzene rings is 1. The van der Waals surface area contributed by atoms with Gasteiger partial charge in [-0.3, -0.25) is 9.69 Å². The first-order valence-electron chi connectivity index (χ1n) is 7.85. The lowest BCUT2D eigenvalue weighted by Crippen LogP contribution is -2.40. The predicted molar refractivity (Wildman–Crippen MR) is 88.8 cm³/mol. The van der Waals surface area contributed by atoms with Crippen LogP contribution in [0.25, 0.3) is 0 Å². The Hall–Kier alpha value is -1.06. The molecule has 0 radical (unpaired) electrons. The predicted octanol–water partition coefficient (Wildman–Crippen LogP) is 4.19. The van der Waals surface area contributed by atoms with E-state index in [1.165, 1.54) is 32.6 Å². The second kappa shape index (κ2) is 7.81. The lowest BCUT2D eigenvalue weighted by Gasteiger charge is -2.36. The molecule has 3 nitrogen and oxygen atoms in total. The summed E-state index contributed by atoms with van der Waals surface area (Å²) in [5.74, 6) is -0.0552. The van der Waals surface area contributed by atoms with Crippen LogP contribution in [0.4, 0.5) is 5.69 Å². The highest BCUT2D eigenvalue weighted by Crippen LogP contribution is 2.28. The summed E-state index contributed by atoms with van der Waals surface area (Å²) in [7, 11) is 0. The normalized spacial score (nSPS) is 21.0. The van der Waals surface area contributed by atoms with Crippen molar-refractivity contribution in [3.63, 3.8) is 0 Å². The molecule has 0 aliphatic carbocycles. The first-order valence-corrected chi connectivity index (χ1v) is 8.29. The molecule has 1 amide bonds. The molecule has 1 heterocycles. The minimum Gasteiger partial charge on any atom is -0.326 e. The standard InChI is InChI=1S/C17H25ClN2O/c1-3-16-9-4-5-10-20(16)12-17(18)14-7-6-8-15(11-14)19-13(2)21/h6-8,11,16-17H,3-5,9-10,12H2,1-2H3,(H,19,21). The zero-order chi connectivity index (χ0) is 15.2. The highest BCUT2D eigenvalue weighted by Gasteiger charge is 2.23. The lowest BCUT2D eigenvalue weighted by atomic mass is 9.99. The minimum atomic E-state index is -0.0552. The molecule has 1 aliphatic heterocycles. The number of hydrogen-bond acceptors (Lipinski definition) is 2. The Morgan fingerprint density at radius 2 is 2.29 bits per heavy atom. The van der Waals surface area contributed by atoms with Gasteiger partial charge in [0.25, 0.3) is 0 Å². The number of alkyl halides is 1. The topological polar surface area (TPSA) is 32.3 Å². The monoisotopic (exact) mass is 308 g/mol. The molecule has 2 rings (SSSR count). The van der Waals surface area contributed by atoms with Crippen LogP contribution in [0.2, 0.25) is 0 Å². The summed E-state index contributed by atoms with van der Waals surface area (Å²) < 4.78 is 0. The number of rotatable bonds is 5. The van der Waals surface area contributed by atoms with E-state index >= 15 is 0 Å². The molecular weight excluding hydrogens is 284 g/mol. The van der Waals surface area contributed by atoms with Crippen LogP contribution < -0.4 is 5.32 Å². The van der Waals surface area contributed by atoms with Gasteiger partial charge < -0.3 is 5.32 Å². The zero-order valence-corrected chi connectivity index (χ0v) is 13.7. The maximum atomic E-state index is 11.1. The van der Waals surface area contributed by atoms with Crippen molar-refractivity contribution >= 4 is 23.2 Å². The third-order valence-corrected chi connectivity index (χ3v) is 4.57. The van der Waals surface area contributed by atoms with Gasteiger partial charge in [0.1, 0.15) is 0 Å². The Morgan fingerprint density at radius 1 is 1.48 bits per heavy atom. The second-order valence-corrected chi connectivity index (χ2v) is 6.35. The number of nitrogens with one attached hydrogen (secondary N) is 1. The number of likely N-dealkylation sites (tertiary alicyclic amines) is 1. The SMILES string of the molecule is CCC1CCCCN1CC(Cl)c1cccc(NC(C)=O)c1. The highest BCUT2D eigenvalue weighted by molar-refractivity contribution is 6.21. The van der Waals surface area contributed by atoms with Gasteiger partial charge in [0, 0.05) is 25.2 Å². The van der Waals surface area contributed by atoms with Gasteiger partial charge in [-0.25, -0.2) is 0 Å². The van der Waals surface area contributed by atoms with Crippen molar-refractivity contribution in [3.05, 3.63) is 29.8 Å². The number of nitrogens with zero attached hydrogens (tertiary/aromatic N) is 1.